The highest BCUT2D eigenvalue weighted by atomic mass is 16.7. The number of benzene rings is 2. The SMILES string of the molecule is COCOc1ccc(N(C)c2c(C)cc(C=O)cc2C)cc1C(C)C. The summed E-state index contributed by atoms with van der Waals surface area (Å²) in [6.45, 7) is 8.60. The van der Waals surface area contributed by atoms with Crippen molar-refractivity contribution in [3.05, 3.63) is 52.6 Å². The summed E-state index contributed by atoms with van der Waals surface area (Å²) in [5.41, 5.74) is 6.20. The van der Waals surface area contributed by atoms with E-state index in [0.717, 1.165) is 40.1 Å². The van der Waals surface area contributed by atoms with Crippen molar-refractivity contribution in [2.75, 3.05) is 25.9 Å². The van der Waals surface area contributed by atoms with Crippen molar-refractivity contribution in [3.63, 3.8) is 0 Å². The van der Waals surface area contributed by atoms with Gasteiger partial charge < -0.3 is 14.4 Å². The van der Waals surface area contributed by atoms with Crippen LogP contribution in [0.4, 0.5) is 11.4 Å². The second kappa shape index (κ2) is 8.17. The van der Waals surface area contributed by atoms with E-state index >= 15 is 0 Å². The highest BCUT2D eigenvalue weighted by Crippen LogP contribution is 2.35. The molecular weight excluding hydrogens is 314 g/mol. The van der Waals surface area contributed by atoms with Gasteiger partial charge in [0.05, 0.1) is 0 Å². The molecule has 2 aromatic rings. The van der Waals surface area contributed by atoms with Crippen molar-refractivity contribution < 1.29 is 14.3 Å². The first-order valence-electron chi connectivity index (χ1n) is 8.44. The summed E-state index contributed by atoms with van der Waals surface area (Å²) < 4.78 is 10.7. The zero-order valence-corrected chi connectivity index (χ0v) is 15.9. The highest BCUT2D eigenvalue weighted by molar-refractivity contribution is 5.80. The van der Waals surface area contributed by atoms with Crippen molar-refractivity contribution in [3.8, 4) is 5.75 Å². The predicted molar refractivity (Wildman–Crippen MR) is 102 cm³/mol. The maximum atomic E-state index is 11.1. The third-order valence-corrected chi connectivity index (χ3v) is 4.32. The summed E-state index contributed by atoms with van der Waals surface area (Å²) in [6, 6.07) is 10.0. The molecule has 0 amide bonds. The van der Waals surface area contributed by atoms with Gasteiger partial charge in [0, 0.05) is 31.1 Å². The van der Waals surface area contributed by atoms with E-state index in [9.17, 15) is 4.79 Å². The molecule has 0 saturated heterocycles. The van der Waals surface area contributed by atoms with Crippen molar-refractivity contribution in [2.45, 2.75) is 33.6 Å². The molecule has 0 saturated carbocycles. The van der Waals surface area contributed by atoms with Crippen molar-refractivity contribution in [1.29, 1.82) is 0 Å². The number of carbonyl (C=O) groups excluding carboxylic acids is 1. The summed E-state index contributed by atoms with van der Waals surface area (Å²) in [5.74, 6) is 1.18. The van der Waals surface area contributed by atoms with Crippen LogP contribution in [0.15, 0.2) is 30.3 Å². The third-order valence-electron chi connectivity index (χ3n) is 4.32. The second-order valence-electron chi connectivity index (χ2n) is 6.61. The van der Waals surface area contributed by atoms with Crippen LogP contribution in [0.3, 0.4) is 0 Å². The van der Waals surface area contributed by atoms with E-state index in [1.165, 1.54) is 0 Å². The van der Waals surface area contributed by atoms with Gasteiger partial charge in [-0.1, -0.05) is 13.8 Å². The first-order chi connectivity index (χ1) is 11.9. The molecule has 0 aromatic heterocycles. The van der Waals surface area contributed by atoms with Gasteiger partial charge in [-0.25, -0.2) is 0 Å². The van der Waals surface area contributed by atoms with Crippen LogP contribution in [-0.4, -0.2) is 27.2 Å². The number of rotatable bonds is 7. The lowest BCUT2D eigenvalue weighted by atomic mass is 10.00. The van der Waals surface area contributed by atoms with Crippen molar-refractivity contribution in [1.82, 2.24) is 0 Å². The molecule has 4 heteroatoms. The molecule has 134 valence electrons. The number of carbonyl (C=O) groups is 1. The van der Waals surface area contributed by atoms with E-state index in [0.29, 0.717) is 11.5 Å². The molecule has 0 aliphatic rings. The lowest BCUT2D eigenvalue weighted by molar-refractivity contribution is 0.0503. The molecule has 25 heavy (non-hydrogen) atoms. The minimum Gasteiger partial charge on any atom is -0.467 e. The lowest BCUT2D eigenvalue weighted by Crippen LogP contribution is -2.14. The predicted octanol–water partition coefficient (Wildman–Crippen LogP) is 4.99. The lowest BCUT2D eigenvalue weighted by Gasteiger charge is -2.26. The fraction of sp³-hybridized carbons (Fsp3) is 0.381. The molecule has 0 unspecified atom stereocenters. The van der Waals surface area contributed by atoms with Crippen LogP contribution in [0.25, 0.3) is 0 Å². The van der Waals surface area contributed by atoms with Gasteiger partial charge in [-0.15, -0.1) is 0 Å². The van der Waals surface area contributed by atoms with Crippen LogP contribution in [0.2, 0.25) is 0 Å². The van der Waals surface area contributed by atoms with E-state index in [2.05, 4.69) is 24.8 Å². The molecule has 0 bridgehead atoms. The maximum Gasteiger partial charge on any atom is 0.188 e. The minimum atomic E-state index is 0.236. The molecule has 4 nitrogen and oxygen atoms in total. The molecule has 0 heterocycles. The Balaban J connectivity index is 2.44. The summed E-state index contributed by atoms with van der Waals surface area (Å²) >= 11 is 0. The molecule has 2 rings (SSSR count). The largest absolute Gasteiger partial charge is 0.467 e. The molecule has 0 N–H and O–H groups in total. The third kappa shape index (κ3) is 4.20. The maximum absolute atomic E-state index is 11.1. The van der Waals surface area contributed by atoms with Crippen molar-refractivity contribution >= 4 is 17.7 Å². The Labute approximate surface area is 150 Å². The average Bonchev–Trinajstić information content (AvgIpc) is 2.58. The Hall–Kier alpha value is -2.33. The molecule has 0 aliphatic carbocycles. The van der Waals surface area contributed by atoms with Crippen LogP contribution in [0.1, 0.15) is 46.8 Å². The van der Waals surface area contributed by atoms with E-state index in [1.807, 2.05) is 45.2 Å². The quantitative estimate of drug-likeness (QED) is 0.525. The summed E-state index contributed by atoms with van der Waals surface area (Å²) in [6.07, 6.45) is 0.891. The molecule has 0 radical (unpaired) electrons. The van der Waals surface area contributed by atoms with E-state index in [1.54, 1.807) is 7.11 Å². The van der Waals surface area contributed by atoms with Gasteiger partial charge in [0.1, 0.15) is 12.0 Å². The minimum absolute atomic E-state index is 0.236. The topological polar surface area (TPSA) is 38.8 Å². The number of aryl methyl sites for hydroxylation is 2. The number of ether oxygens (including phenoxy) is 2. The number of aldehydes is 1. The zero-order chi connectivity index (χ0) is 18.6. The molecule has 0 atom stereocenters. The number of hydrogen-bond acceptors (Lipinski definition) is 4. The van der Waals surface area contributed by atoms with E-state index < -0.39 is 0 Å². The summed E-state index contributed by atoms with van der Waals surface area (Å²) in [7, 11) is 3.66. The fourth-order valence-corrected chi connectivity index (χ4v) is 3.17. The van der Waals surface area contributed by atoms with Crippen LogP contribution < -0.4 is 9.64 Å². The second-order valence-corrected chi connectivity index (χ2v) is 6.61. The summed E-state index contributed by atoms with van der Waals surface area (Å²) in [5, 5.41) is 0. The van der Waals surface area contributed by atoms with Crippen LogP contribution in [0.5, 0.6) is 5.75 Å². The Morgan fingerprint density at radius 3 is 2.28 bits per heavy atom. The van der Waals surface area contributed by atoms with Gasteiger partial charge in [0.15, 0.2) is 6.79 Å². The van der Waals surface area contributed by atoms with Gasteiger partial charge in [-0.05, 0) is 66.8 Å². The average molecular weight is 341 g/mol. The molecule has 0 aliphatic heterocycles. The smallest absolute Gasteiger partial charge is 0.188 e. The van der Waals surface area contributed by atoms with Crippen LogP contribution in [-0.2, 0) is 4.74 Å². The van der Waals surface area contributed by atoms with E-state index in [4.69, 9.17) is 9.47 Å². The standard InChI is InChI=1S/C21H27NO3/c1-14(2)19-11-18(7-8-20(19)25-13-24-6)22(5)21-15(3)9-17(12-23)10-16(21)4/h7-12,14H,13H2,1-6H3. The van der Waals surface area contributed by atoms with Gasteiger partial charge in [-0.3, -0.25) is 4.79 Å². The van der Waals surface area contributed by atoms with Crippen LogP contribution >= 0.6 is 0 Å². The van der Waals surface area contributed by atoms with Crippen molar-refractivity contribution in [2.24, 2.45) is 0 Å². The number of nitrogens with zero attached hydrogens (tertiary/aromatic N) is 1. The number of anilines is 2. The van der Waals surface area contributed by atoms with Gasteiger partial charge in [0.25, 0.3) is 0 Å². The molecule has 2 aromatic carbocycles. The molecule has 0 fully saturated rings. The Bertz CT molecular complexity index is 730. The monoisotopic (exact) mass is 341 g/mol. The first kappa shape index (κ1) is 19.0. The van der Waals surface area contributed by atoms with Gasteiger partial charge >= 0.3 is 0 Å². The Morgan fingerprint density at radius 2 is 1.76 bits per heavy atom. The van der Waals surface area contributed by atoms with E-state index in [-0.39, 0.29) is 6.79 Å². The fourth-order valence-electron chi connectivity index (χ4n) is 3.17. The summed E-state index contributed by atoms with van der Waals surface area (Å²) in [4.78, 5) is 13.2. The molecule has 0 spiro atoms. The molecular formula is C21H27NO3. The highest BCUT2D eigenvalue weighted by Gasteiger charge is 2.15. The first-order valence-corrected chi connectivity index (χ1v) is 8.44. The van der Waals surface area contributed by atoms with Gasteiger partial charge in [-0.2, -0.15) is 0 Å². The Kier molecular flexibility index (Phi) is 6.21. The van der Waals surface area contributed by atoms with Crippen LogP contribution in [0, 0.1) is 13.8 Å². The van der Waals surface area contributed by atoms with Gasteiger partial charge in [0.2, 0.25) is 0 Å². The number of methoxy groups -OCH3 is 1. The Morgan fingerprint density at radius 1 is 1.12 bits per heavy atom. The normalized spacial score (nSPS) is 10.8. The number of hydrogen-bond donors (Lipinski definition) is 0. The zero-order valence-electron chi connectivity index (χ0n) is 15.9.